The Kier molecular flexibility index (Phi) is 4.30. The lowest BCUT2D eigenvalue weighted by Crippen LogP contribution is -2.35. The van der Waals surface area contributed by atoms with Crippen LogP contribution in [0.5, 0.6) is 0 Å². The molecule has 1 aliphatic heterocycles. The summed E-state index contributed by atoms with van der Waals surface area (Å²) in [6.45, 7) is 4.38. The molecule has 1 aliphatic rings. The molecule has 1 aromatic heterocycles. The van der Waals surface area contributed by atoms with E-state index in [-0.39, 0.29) is 6.17 Å². The summed E-state index contributed by atoms with van der Waals surface area (Å²) in [5.41, 5.74) is 5.36. The average Bonchev–Trinajstić information content (AvgIpc) is 3.19. The molecule has 0 aliphatic carbocycles. The zero-order valence-corrected chi connectivity index (χ0v) is 19.7. The minimum atomic E-state index is 0.0165. The van der Waals surface area contributed by atoms with Crippen molar-refractivity contribution in [3.8, 4) is 0 Å². The zero-order chi connectivity index (χ0) is 23.5. The Morgan fingerprint density at radius 1 is 0.543 bits per heavy atom. The Labute approximate surface area is 204 Å². The molecule has 1 unspecified atom stereocenters. The smallest absolute Gasteiger partial charge is 0.179 e. The lowest BCUT2D eigenvalue weighted by atomic mass is 9.99. The second kappa shape index (κ2) is 7.54. The van der Waals surface area contributed by atoms with Crippen LogP contribution in [0.4, 0.5) is 23.0 Å². The molecule has 168 valence electrons. The summed E-state index contributed by atoms with van der Waals surface area (Å²) < 4.78 is 0. The van der Waals surface area contributed by atoms with Gasteiger partial charge < -0.3 is 9.80 Å². The normalized spacial score (nSPS) is 15.3. The number of hydrogen-bond acceptors (Lipinski definition) is 4. The molecule has 0 saturated heterocycles. The predicted molar refractivity (Wildman–Crippen MR) is 146 cm³/mol. The van der Waals surface area contributed by atoms with E-state index in [1.54, 1.807) is 0 Å². The second-order valence-electron chi connectivity index (χ2n) is 9.15. The minimum absolute atomic E-state index is 0.0165. The monoisotopic (exact) mass is 452 g/mol. The fraction of sp³-hybridized carbons (Fsp3) is 0.0968. The van der Waals surface area contributed by atoms with Crippen LogP contribution in [0.3, 0.4) is 0 Å². The molecule has 5 aromatic carbocycles. The highest BCUT2D eigenvalue weighted by molar-refractivity contribution is 6.23. The van der Waals surface area contributed by atoms with Gasteiger partial charge in [-0.3, -0.25) is 0 Å². The van der Waals surface area contributed by atoms with E-state index >= 15 is 0 Å². The number of rotatable bonds is 2. The van der Waals surface area contributed by atoms with E-state index in [1.807, 2.05) is 0 Å². The third-order valence-corrected chi connectivity index (χ3v) is 7.13. The van der Waals surface area contributed by atoms with Crippen molar-refractivity contribution in [1.82, 2.24) is 9.97 Å². The number of anilines is 4. The van der Waals surface area contributed by atoms with Crippen molar-refractivity contribution >= 4 is 55.6 Å². The molecule has 6 aromatic rings. The third-order valence-electron chi connectivity index (χ3n) is 7.13. The number of aromatic nitrogens is 2. The van der Waals surface area contributed by atoms with Gasteiger partial charge in [0.25, 0.3) is 0 Å². The summed E-state index contributed by atoms with van der Waals surface area (Å²) in [4.78, 5) is 15.4. The molecule has 0 spiro atoms. The van der Waals surface area contributed by atoms with Gasteiger partial charge in [-0.1, -0.05) is 84.9 Å². The van der Waals surface area contributed by atoms with Crippen molar-refractivity contribution in [1.29, 1.82) is 0 Å². The Bertz CT molecular complexity index is 1740. The molecule has 0 amide bonds. The summed E-state index contributed by atoms with van der Waals surface area (Å²) in [5, 5.41) is 4.68. The van der Waals surface area contributed by atoms with Crippen LogP contribution in [0, 0.1) is 6.92 Å². The molecule has 0 saturated carbocycles. The molecule has 0 fully saturated rings. The van der Waals surface area contributed by atoms with Gasteiger partial charge in [-0.15, -0.1) is 0 Å². The highest BCUT2D eigenvalue weighted by Gasteiger charge is 2.38. The molecule has 0 radical (unpaired) electrons. The van der Waals surface area contributed by atoms with E-state index in [4.69, 9.17) is 9.97 Å². The summed E-state index contributed by atoms with van der Waals surface area (Å²) in [6, 6.07) is 36.1. The Morgan fingerprint density at radius 2 is 1.03 bits per heavy atom. The maximum atomic E-state index is 5.38. The first kappa shape index (κ1) is 20.0. The van der Waals surface area contributed by atoms with Crippen molar-refractivity contribution in [3.05, 3.63) is 109 Å². The number of benzene rings is 5. The van der Waals surface area contributed by atoms with Crippen LogP contribution in [0.1, 0.15) is 12.5 Å². The Hall–Kier alpha value is -4.44. The SMILES string of the molecule is Cc1ccccc1N1c2nc3c4ccccc4c4ccccc4c3nc2N(c2ccccc2)C1C. The number of para-hydroxylation sites is 2. The van der Waals surface area contributed by atoms with Crippen molar-refractivity contribution in [2.24, 2.45) is 0 Å². The molecular weight excluding hydrogens is 428 g/mol. The van der Waals surface area contributed by atoms with Crippen molar-refractivity contribution < 1.29 is 0 Å². The Balaban J connectivity index is 1.62. The third kappa shape index (κ3) is 2.86. The minimum Gasteiger partial charge on any atom is -0.302 e. The van der Waals surface area contributed by atoms with Crippen LogP contribution < -0.4 is 9.80 Å². The van der Waals surface area contributed by atoms with Crippen LogP contribution >= 0.6 is 0 Å². The van der Waals surface area contributed by atoms with Gasteiger partial charge in [-0.25, -0.2) is 9.97 Å². The van der Waals surface area contributed by atoms with Crippen molar-refractivity contribution in [2.45, 2.75) is 20.0 Å². The van der Waals surface area contributed by atoms with Gasteiger partial charge in [0.1, 0.15) is 6.17 Å². The van der Waals surface area contributed by atoms with E-state index in [2.05, 4.69) is 127 Å². The van der Waals surface area contributed by atoms with Crippen LogP contribution in [-0.2, 0) is 0 Å². The molecule has 4 heteroatoms. The van der Waals surface area contributed by atoms with Crippen LogP contribution in [0.15, 0.2) is 103 Å². The molecule has 0 N–H and O–H groups in total. The standard InChI is InChI=1S/C31H24N4/c1-20-12-6-11-19-27(20)35-21(2)34(22-13-4-3-5-14-22)30-31(35)33-29-26-18-10-8-16-24(26)23-15-7-9-17-25(23)28(29)32-30/h3-19,21H,1-2H3. The van der Waals surface area contributed by atoms with Gasteiger partial charge in [0.2, 0.25) is 0 Å². The maximum Gasteiger partial charge on any atom is 0.179 e. The van der Waals surface area contributed by atoms with E-state index < -0.39 is 0 Å². The van der Waals surface area contributed by atoms with Gasteiger partial charge in [0, 0.05) is 22.1 Å². The first-order valence-electron chi connectivity index (χ1n) is 12.0. The van der Waals surface area contributed by atoms with Crippen LogP contribution in [0.2, 0.25) is 0 Å². The molecule has 35 heavy (non-hydrogen) atoms. The molecular formula is C31H24N4. The number of nitrogens with zero attached hydrogens (tertiary/aromatic N) is 4. The summed E-state index contributed by atoms with van der Waals surface area (Å²) >= 11 is 0. The van der Waals surface area contributed by atoms with E-state index in [1.165, 1.54) is 16.3 Å². The summed E-state index contributed by atoms with van der Waals surface area (Å²) in [5.74, 6) is 1.78. The Morgan fingerprint density at radius 3 is 1.63 bits per heavy atom. The number of fused-ring (bicyclic) bond motifs is 7. The second-order valence-corrected chi connectivity index (χ2v) is 9.15. The lowest BCUT2D eigenvalue weighted by molar-refractivity contribution is 0.753. The highest BCUT2D eigenvalue weighted by atomic mass is 15.5. The zero-order valence-electron chi connectivity index (χ0n) is 19.7. The largest absolute Gasteiger partial charge is 0.302 e. The average molecular weight is 453 g/mol. The van der Waals surface area contributed by atoms with Gasteiger partial charge in [0.05, 0.1) is 11.0 Å². The number of hydrogen-bond donors (Lipinski definition) is 0. The van der Waals surface area contributed by atoms with E-state index in [9.17, 15) is 0 Å². The predicted octanol–water partition coefficient (Wildman–Crippen LogP) is 7.88. The van der Waals surface area contributed by atoms with E-state index in [0.717, 1.165) is 44.8 Å². The quantitative estimate of drug-likeness (QED) is 0.250. The highest BCUT2D eigenvalue weighted by Crippen LogP contribution is 2.48. The fourth-order valence-corrected chi connectivity index (χ4v) is 5.51. The van der Waals surface area contributed by atoms with Crippen molar-refractivity contribution in [2.75, 3.05) is 9.80 Å². The number of aryl methyl sites for hydroxylation is 1. The molecule has 2 heterocycles. The van der Waals surface area contributed by atoms with Crippen LogP contribution in [0.25, 0.3) is 32.6 Å². The fourth-order valence-electron chi connectivity index (χ4n) is 5.51. The first-order valence-corrected chi connectivity index (χ1v) is 12.0. The molecule has 7 rings (SSSR count). The molecule has 0 bridgehead atoms. The van der Waals surface area contributed by atoms with Gasteiger partial charge in [-0.2, -0.15) is 0 Å². The van der Waals surface area contributed by atoms with Crippen LogP contribution in [-0.4, -0.2) is 16.1 Å². The maximum absolute atomic E-state index is 5.38. The lowest BCUT2D eigenvalue weighted by Gasteiger charge is -2.30. The van der Waals surface area contributed by atoms with Gasteiger partial charge >= 0.3 is 0 Å². The van der Waals surface area contributed by atoms with Gasteiger partial charge in [-0.05, 0) is 48.4 Å². The molecule has 4 nitrogen and oxygen atoms in total. The van der Waals surface area contributed by atoms with Gasteiger partial charge in [0.15, 0.2) is 11.6 Å². The van der Waals surface area contributed by atoms with E-state index in [0.29, 0.717) is 0 Å². The van der Waals surface area contributed by atoms with Crippen molar-refractivity contribution in [3.63, 3.8) is 0 Å². The molecule has 1 atom stereocenters. The summed E-state index contributed by atoms with van der Waals surface area (Å²) in [7, 11) is 0. The topological polar surface area (TPSA) is 32.3 Å². The first-order chi connectivity index (χ1) is 17.2. The summed E-state index contributed by atoms with van der Waals surface area (Å²) in [6.07, 6.45) is 0.0165.